The summed E-state index contributed by atoms with van der Waals surface area (Å²) in [5.74, 6) is -1.73. The van der Waals surface area contributed by atoms with E-state index < -0.39 is 29.4 Å². The third-order valence-electron chi connectivity index (χ3n) is 1.85. The summed E-state index contributed by atoms with van der Waals surface area (Å²) in [5, 5.41) is 8.73. The smallest absolute Gasteiger partial charge is 0.418 e. The van der Waals surface area contributed by atoms with Crippen LogP contribution < -0.4 is 4.74 Å². The van der Waals surface area contributed by atoms with E-state index in [4.69, 9.17) is 16.7 Å². The highest BCUT2D eigenvalue weighted by molar-refractivity contribution is 6.30. The van der Waals surface area contributed by atoms with Crippen molar-refractivity contribution in [2.24, 2.45) is 0 Å². The number of aliphatic hydroxyl groups excluding tert-OH is 1. The molecular formula is C9H7ClF4O2. The van der Waals surface area contributed by atoms with Crippen molar-refractivity contribution in [3.05, 3.63) is 28.5 Å². The van der Waals surface area contributed by atoms with Crippen molar-refractivity contribution in [2.75, 3.05) is 7.11 Å². The molecule has 2 nitrogen and oxygen atoms in total. The predicted octanol–water partition coefficient (Wildman–Crippen LogP) is 3.08. The number of rotatable bonds is 2. The van der Waals surface area contributed by atoms with Crippen LogP contribution in [-0.2, 0) is 0 Å². The number of halogens is 5. The number of ether oxygens (including phenoxy) is 1. The van der Waals surface area contributed by atoms with E-state index in [-0.39, 0.29) is 5.02 Å². The Hall–Kier alpha value is -1.01. The van der Waals surface area contributed by atoms with Crippen molar-refractivity contribution >= 4 is 11.6 Å². The predicted molar refractivity (Wildman–Crippen MR) is 49.0 cm³/mol. The fourth-order valence-corrected chi connectivity index (χ4v) is 1.39. The van der Waals surface area contributed by atoms with Crippen molar-refractivity contribution < 1.29 is 27.4 Å². The normalized spacial score (nSPS) is 13.7. The third-order valence-corrected chi connectivity index (χ3v) is 2.06. The van der Waals surface area contributed by atoms with E-state index in [2.05, 4.69) is 4.74 Å². The summed E-state index contributed by atoms with van der Waals surface area (Å²) >= 11 is 5.40. The Morgan fingerprint density at radius 2 is 1.94 bits per heavy atom. The second-order valence-electron chi connectivity index (χ2n) is 2.95. The molecule has 1 aromatic rings. The summed E-state index contributed by atoms with van der Waals surface area (Å²) in [6.45, 7) is 0. The Labute approximate surface area is 93.4 Å². The van der Waals surface area contributed by atoms with Gasteiger partial charge in [-0.3, -0.25) is 0 Å². The molecule has 0 bridgehead atoms. The van der Waals surface area contributed by atoms with Crippen molar-refractivity contribution in [3.63, 3.8) is 0 Å². The minimum absolute atomic E-state index is 0.253. The molecule has 0 heterocycles. The van der Waals surface area contributed by atoms with Gasteiger partial charge in [0.25, 0.3) is 0 Å². The number of methoxy groups -OCH3 is 1. The summed E-state index contributed by atoms with van der Waals surface area (Å²) < 4.78 is 54.4. The molecule has 16 heavy (non-hydrogen) atoms. The molecule has 0 spiro atoms. The van der Waals surface area contributed by atoms with Gasteiger partial charge in [-0.15, -0.1) is 0 Å². The lowest BCUT2D eigenvalue weighted by Crippen LogP contribution is -2.21. The van der Waals surface area contributed by atoms with E-state index in [1.807, 2.05) is 0 Å². The highest BCUT2D eigenvalue weighted by Gasteiger charge is 2.41. The molecule has 0 aromatic heterocycles. The highest BCUT2D eigenvalue weighted by Crippen LogP contribution is 2.39. The largest absolute Gasteiger partial charge is 0.493 e. The van der Waals surface area contributed by atoms with Crippen LogP contribution in [-0.4, -0.2) is 18.4 Å². The van der Waals surface area contributed by atoms with Gasteiger partial charge in [-0.25, -0.2) is 4.39 Å². The average Bonchev–Trinajstić information content (AvgIpc) is 2.14. The highest BCUT2D eigenvalue weighted by atomic mass is 35.5. The fourth-order valence-electron chi connectivity index (χ4n) is 1.18. The molecule has 0 fully saturated rings. The van der Waals surface area contributed by atoms with Crippen LogP contribution >= 0.6 is 11.6 Å². The molecule has 7 heteroatoms. The molecule has 1 aromatic carbocycles. The van der Waals surface area contributed by atoms with Crippen LogP contribution in [0.4, 0.5) is 17.6 Å². The molecule has 1 atom stereocenters. The lowest BCUT2D eigenvalue weighted by Gasteiger charge is -2.18. The topological polar surface area (TPSA) is 29.5 Å². The van der Waals surface area contributed by atoms with Crippen LogP contribution in [0.3, 0.4) is 0 Å². The number of aliphatic hydroxyl groups is 1. The van der Waals surface area contributed by atoms with E-state index in [0.29, 0.717) is 0 Å². The monoisotopic (exact) mass is 258 g/mol. The first-order chi connectivity index (χ1) is 7.27. The number of hydrogen-bond acceptors (Lipinski definition) is 2. The summed E-state index contributed by atoms with van der Waals surface area (Å²) in [7, 11) is 0.999. The second kappa shape index (κ2) is 4.47. The zero-order chi connectivity index (χ0) is 12.5. The van der Waals surface area contributed by atoms with Crippen LogP contribution in [0.1, 0.15) is 11.7 Å². The van der Waals surface area contributed by atoms with Crippen molar-refractivity contribution in [1.82, 2.24) is 0 Å². The Balaban J connectivity index is 3.31. The van der Waals surface area contributed by atoms with Crippen molar-refractivity contribution in [2.45, 2.75) is 12.3 Å². The van der Waals surface area contributed by atoms with Gasteiger partial charge in [0.05, 0.1) is 7.11 Å². The summed E-state index contributed by atoms with van der Waals surface area (Å²) in [6.07, 6.45) is -7.75. The molecule has 0 aliphatic rings. The van der Waals surface area contributed by atoms with Gasteiger partial charge < -0.3 is 9.84 Å². The standard InChI is InChI=1S/C9H7ClF4O2/c1-16-7-5(8(15)9(12,13)14)2-4(10)3-6(7)11/h2-3,8,15H,1H3. The molecule has 1 rings (SSSR count). The van der Waals surface area contributed by atoms with E-state index in [1.165, 1.54) is 0 Å². The first kappa shape index (κ1) is 13.1. The van der Waals surface area contributed by atoms with Crippen LogP contribution in [0.25, 0.3) is 0 Å². The van der Waals surface area contributed by atoms with Crippen LogP contribution in [0.2, 0.25) is 5.02 Å². The number of hydrogen-bond donors (Lipinski definition) is 1. The van der Waals surface area contributed by atoms with Gasteiger partial charge >= 0.3 is 6.18 Å². The first-order valence-electron chi connectivity index (χ1n) is 4.05. The Kier molecular flexibility index (Phi) is 3.64. The third kappa shape index (κ3) is 2.56. The minimum Gasteiger partial charge on any atom is -0.493 e. The van der Waals surface area contributed by atoms with Gasteiger partial charge in [-0.05, 0) is 12.1 Å². The minimum atomic E-state index is -4.91. The first-order valence-corrected chi connectivity index (χ1v) is 4.43. The second-order valence-corrected chi connectivity index (χ2v) is 3.39. The van der Waals surface area contributed by atoms with E-state index in [0.717, 1.165) is 19.2 Å². The molecule has 0 radical (unpaired) electrons. The molecule has 0 amide bonds. The molecule has 1 unspecified atom stereocenters. The zero-order valence-corrected chi connectivity index (χ0v) is 8.73. The maximum atomic E-state index is 13.2. The van der Waals surface area contributed by atoms with E-state index in [1.54, 1.807) is 0 Å². The molecule has 0 saturated carbocycles. The van der Waals surface area contributed by atoms with Crippen LogP contribution in [0, 0.1) is 5.82 Å². The van der Waals surface area contributed by atoms with Crippen molar-refractivity contribution in [3.8, 4) is 5.75 Å². The number of alkyl halides is 3. The SMILES string of the molecule is COc1c(F)cc(Cl)cc1C(O)C(F)(F)F. The van der Waals surface area contributed by atoms with Crippen LogP contribution in [0.15, 0.2) is 12.1 Å². The summed E-state index contributed by atoms with van der Waals surface area (Å²) in [5.41, 5.74) is -0.750. The number of benzene rings is 1. The van der Waals surface area contributed by atoms with E-state index in [9.17, 15) is 17.6 Å². The van der Waals surface area contributed by atoms with Gasteiger partial charge in [0.1, 0.15) is 0 Å². The fraction of sp³-hybridized carbons (Fsp3) is 0.333. The van der Waals surface area contributed by atoms with Gasteiger partial charge in [-0.1, -0.05) is 11.6 Å². The quantitative estimate of drug-likeness (QED) is 0.826. The van der Waals surface area contributed by atoms with Crippen molar-refractivity contribution in [1.29, 1.82) is 0 Å². The Morgan fingerprint density at radius 1 is 1.38 bits per heavy atom. The van der Waals surface area contributed by atoms with Gasteiger partial charge in [0.15, 0.2) is 17.7 Å². The molecule has 0 aliphatic heterocycles. The van der Waals surface area contributed by atoms with Gasteiger partial charge in [0, 0.05) is 10.6 Å². The van der Waals surface area contributed by atoms with Gasteiger partial charge in [-0.2, -0.15) is 13.2 Å². The average molecular weight is 259 g/mol. The van der Waals surface area contributed by atoms with Crippen LogP contribution in [0.5, 0.6) is 5.75 Å². The lowest BCUT2D eigenvalue weighted by molar-refractivity contribution is -0.207. The molecule has 90 valence electrons. The summed E-state index contributed by atoms with van der Waals surface area (Å²) in [6, 6.07) is 1.61. The molecule has 1 N–H and O–H groups in total. The molecule has 0 aliphatic carbocycles. The maximum absolute atomic E-state index is 13.2. The lowest BCUT2D eigenvalue weighted by atomic mass is 10.1. The zero-order valence-electron chi connectivity index (χ0n) is 7.98. The molecule has 0 saturated heterocycles. The summed E-state index contributed by atoms with van der Waals surface area (Å²) in [4.78, 5) is 0. The van der Waals surface area contributed by atoms with E-state index >= 15 is 0 Å². The Bertz CT molecular complexity index is 392. The van der Waals surface area contributed by atoms with Gasteiger partial charge in [0.2, 0.25) is 0 Å². The Morgan fingerprint density at radius 3 is 2.38 bits per heavy atom. The molecular weight excluding hydrogens is 252 g/mol. The maximum Gasteiger partial charge on any atom is 0.418 e.